The van der Waals surface area contributed by atoms with E-state index < -0.39 is 0 Å². The molecule has 1 amide bonds. The average molecular weight is 333 g/mol. The van der Waals surface area contributed by atoms with E-state index in [1.165, 1.54) is 0 Å². The Hall–Kier alpha value is -2.47. The van der Waals surface area contributed by atoms with Crippen molar-refractivity contribution in [1.82, 2.24) is 5.32 Å². The molecule has 0 unspecified atom stereocenters. The van der Waals surface area contributed by atoms with Gasteiger partial charge in [0.1, 0.15) is 24.1 Å². The summed E-state index contributed by atoms with van der Waals surface area (Å²) in [5.74, 6) is 2.41. The predicted octanol–water partition coefficient (Wildman–Crippen LogP) is 1.50. The second-order valence-electron chi connectivity index (χ2n) is 5.35. The fraction of sp³-hybridized carbons (Fsp3) is 0.389. The zero-order chi connectivity index (χ0) is 17.2. The number of amides is 1. The molecule has 24 heavy (non-hydrogen) atoms. The highest BCUT2D eigenvalue weighted by atomic mass is 16.5. The number of rotatable bonds is 10. The first-order valence-electron chi connectivity index (χ1n) is 8.18. The number of hydrogen-bond acceptors (Lipinski definition) is 4. The summed E-state index contributed by atoms with van der Waals surface area (Å²) < 4.78 is 16.3. The molecule has 2 rings (SSSR count). The lowest BCUT2D eigenvalue weighted by atomic mass is 10.2. The maximum absolute atomic E-state index is 11.8. The molecule has 6 heteroatoms. The molecule has 0 aliphatic rings. The van der Waals surface area contributed by atoms with E-state index >= 15 is 0 Å². The number of ether oxygens (including phenoxy) is 2. The van der Waals surface area contributed by atoms with Crippen LogP contribution < -0.4 is 20.1 Å². The van der Waals surface area contributed by atoms with Gasteiger partial charge in [-0.05, 0) is 50.2 Å². The molecule has 0 aliphatic heterocycles. The first-order chi connectivity index (χ1) is 11.7. The van der Waals surface area contributed by atoms with Gasteiger partial charge in [-0.2, -0.15) is 0 Å². The molecule has 2 aromatic rings. The van der Waals surface area contributed by atoms with E-state index in [0.717, 1.165) is 17.3 Å². The Balaban J connectivity index is 1.59. The Kier molecular flexibility index (Phi) is 7.17. The van der Waals surface area contributed by atoms with Crippen LogP contribution in [0.3, 0.4) is 0 Å². The highest BCUT2D eigenvalue weighted by Gasteiger charge is 2.13. The molecule has 1 atom stereocenters. The molecule has 0 bridgehead atoms. The summed E-state index contributed by atoms with van der Waals surface area (Å²) in [7, 11) is 0. The molecule has 1 heterocycles. The summed E-state index contributed by atoms with van der Waals surface area (Å²) in [5, 5.41) is 4.77. The third-order valence-electron chi connectivity index (χ3n) is 3.48. The quantitative estimate of drug-likeness (QED) is 0.646. The third-order valence-corrected chi connectivity index (χ3v) is 3.48. The van der Waals surface area contributed by atoms with Crippen molar-refractivity contribution in [2.24, 2.45) is 0 Å². The van der Waals surface area contributed by atoms with Crippen LogP contribution in [0.25, 0.3) is 0 Å². The topological polar surface area (TPSA) is 77.3 Å². The van der Waals surface area contributed by atoms with E-state index in [4.69, 9.17) is 13.9 Å². The summed E-state index contributed by atoms with van der Waals surface area (Å²) in [6.45, 7) is 5.83. The number of quaternary nitrogens is 1. The lowest BCUT2D eigenvalue weighted by Crippen LogP contribution is -2.87. The van der Waals surface area contributed by atoms with Crippen LogP contribution in [0.2, 0.25) is 0 Å². The van der Waals surface area contributed by atoms with Crippen LogP contribution in [-0.4, -0.2) is 32.2 Å². The van der Waals surface area contributed by atoms with E-state index in [2.05, 4.69) is 5.32 Å². The standard InChI is InChI=1S/C18H24N2O4/c1-3-22-15-6-8-16(9-7-15)23-12-10-19-18(21)13-20-14(2)17-5-4-11-24-17/h4-9,11,14,20H,3,10,12-13H2,1-2H3,(H,19,21)/p+1/t14-/m1/s1. The second kappa shape index (κ2) is 9.62. The van der Waals surface area contributed by atoms with E-state index in [9.17, 15) is 4.79 Å². The summed E-state index contributed by atoms with van der Waals surface area (Å²) in [6, 6.07) is 11.3. The van der Waals surface area contributed by atoms with Gasteiger partial charge in [-0.1, -0.05) is 0 Å². The minimum atomic E-state index is -0.0244. The van der Waals surface area contributed by atoms with Gasteiger partial charge in [0.05, 0.1) is 19.4 Å². The highest BCUT2D eigenvalue weighted by molar-refractivity contribution is 5.76. The average Bonchev–Trinajstić information content (AvgIpc) is 3.13. The van der Waals surface area contributed by atoms with Crippen molar-refractivity contribution < 1.29 is 24.0 Å². The molecule has 0 saturated carbocycles. The summed E-state index contributed by atoms with van der Waals surface area (Å²) >= 11 is 0. The molecular formula is C18H25N2O4+. The van der Waals surface area contributed by atoms with E-state index in [1.807, 2.05) is 55.6 Å². The smallest absolute Gasteiger partial charge is 0.275 e. The van der Waals surface area contributed by atoms with Crippen molar-refractivity contribution in [3.05, 3.63) is 48.4 Å². The Bertz CT molecular complexity index is 596. The highest BCUT2D eigenvalue weighted by Crippen LogP contribution is 2.17. The molecule has 1 aromatic carbocycles. The van der Waals surface area contributed by atoms with Crippen LogP contribution in [0.4, 0.5) is 0 Å². The fourth-order valence-electron chi connectivity index (χ4n) is 2.18. The number of carbonyl (C=O) groups excluding carboxylic acids is 1. The van der Waals surface area contributed by atoms with Crippen LogP contribution >= 0.6 is 0 Å². The molecule has 3 N–H and O–H groups in total. The number of furan rings is 1. The minimum absolute atomic E-state index is 0.0244. The van der Waals surface area contributed by atoms with Gasteiger partial charge in [0.2, 0.25) is 0 Å². The lowest BCUT2D eigenvalue weighted by molar-refractivity contribution is -0.684. The Labute approximate surface area is 142 Å². The number of hydrogen-bond donors (Lipinski definition) is 2. The van der Waals surface area contributed by atoms with Crippen molar-refractivity contribution in [2.45, 2.75) is 19.9 Å². The number of nitrogens with two attached hydrogens (primary N) is 1. The third kappa shape index (κ3) is 5.96. The van der Waals surface area contributed by atoms with Gasteiger partial charge in [0.15, 0.2) is 12.3 Å². The van der Waals surface area contributed by atoms with Gasteiger partial charge >= 0.3 is 0 Å². The van der Waals surface area contributed by atoms with Crippen molar-refractivity contribution >= 4 is 5.91 Å². The molecule has 1 aromatic heterocycles. The maximum atomic E-state index is 11.8. The minimum Gasteiger partial charge on any atom is -0.494 e. The van der Waals surface area contributed by atoms with Crippen LogP contribution in [0.1, 0.15) is 25.6 Å². The zero-order valence-corrected chi connectivity index (χ0v) is 14.2. The Morgan fingerprint density at radius 3 is 2.54 bits per heavy atom. The van der Waals surface area contributed by atoms with Gasteiger partial charge < -0.3 is 24.5 Å². The lowest BCUT2D eigenvalue weighted by Gasteiger charge is -2.10. The molecule has 0 fully saturated rings. The van der Waals surface area contributed by atoms with Crippen molar-refractivity contribution in [3.8, 4) is 11.5 Å². The van der Waals surface area contributed by atoms with E-state index in [0.29, 0.717) is 26.3 Å². The van der Waals surface area contributed by atoms with Crippen molar-refractivity contribution in [2.75, 3.05) is 26.3 Å². The Morgan fingerprint density at radius 1 is 1.21 bits per heavy atom. The number of carbonyl (C=O) groups is 1. The molecular weight excluding hydrogens is 308 g/mol. The maximum Gasteiger partial charge on any atom is 0.275 e. The first kappa shape index (κ1) is 17.9. The molecule has 0 radical (unpaired) electrons. The van der Waals surface area contributed by atoms with Crippen LogP contribution in [0, 0.1) is 0 Å². The largest absolute Gasteiger partial charge is 0.494 e. The van der Waals surface area contributed by atoms with Crippen molar-refractivity contribution in [1.29, 1.82) is 0 Å². The fourth-order valence-corrected chi connectivity index (χ4v) is 2.18. The van der Waals surface area contributed by atoms with Crippen LogP contribution in [0.15, 0.2) is 47.1 Å². The van der Waals surface area contributed by atoms with E-state index in [1.54, 1.807) is 6.26 Å². The van der Waals surface area contributed by atoms with E-state index in [-0.39, 0.29) is 11.9 Å². The van der Waals surface area contributed by atoms with Crippen LogP contribution in [-0.2, 0) is 4.79 Å². The molecule has 0 aliphatic carbocycles. The summed E-state index contributed by atoms with van der Waals surface area (Å²) in [5.41, 5.74) is 0. The van der Waals surface area contributed by atoms with Gasteiger partial charge in [0.25, 0.3) is 5.91 Å². The number of nitrogens with one attached hydrogen (secondary N) is 1. The van der Waals surface area contributed by atoms with Crippen molar-refractivity contribution in [3.63, 3.8) is 0 Å². The molecule has 6 nitrogen and oxygen atoms in total. The molecule has 130 valence electrons. The normalized spacial score (nSPS) is 11.8. The number of benzene rings is 1. The van der Waals surface area contributed by atoms with Gasteiger partial charge in [0, 0.05) is 0 Å². The van der Waals surface area contributed by atoms with Gasteiger partial charge in [-0.3, -0.25) is 4.79 Å². The summed E-state index contributed by atoms with van der Waals surface area (Å²) in [6.07, 6.45) is 1.64. The van der Waals surface area contributed by atoms with Gasteiger partial charge in [-0.15, -0.1) is 0 Å². The molecule has 0 saturated heterocycles. The van der Waals surface area contributed by atoms with Gasteiger partial charge in [-0.25, -0.2) is 0 Å². The molecule has 0 spiro atoms. The summed E-state index contributed by atoms with van der Waals surface area (Å²) in [4.78, 5) is 11.8. The second-order valence-corrected chi connectivity index (χ2v) is 5.35. The SMILES string of the molecule is CCOc1ccc(OCCNC(=O)C[NH2+][C@H](C)c2ccco2)cc1. The Morgan fingerprint density at radius 2 is 1.92 bits per heavy atom. The monoisotopic (exact) mass is 333 g/mol. The first-order valence-corrected chi connectivity index (χ1v) is 8.18. The van der Waals surface area contributed by atoms with Crippen LogP contribution in [0.5, 0.6) is 11.5 Å². The zero-order valence-electron chi connectivity index (χ0n) is 14.2. The predicted molar refractivity (Wildman–Crippen MR) is 90.0 cm³/mol.